The molecule has 112 valence electrons. The zero-order valence-corrected chi connectivity index (χ0v) is 13.0. The smallest absolute Gasteiger partial charge is 0.485 e. The minimum absolute atomic E-state index is 0. The van der Waals surface area contributed by atoms with Crippen molar-refractivity contribution in [1.29, 1.82) is 0 Å². The first-order valence-electron chi connectivity index (χ1n) is 3.80. The average molecular weight is 477 g/mol. The van der Waals surface area contributed by atoms with Gasteiger partial charge in [-0.15, -0.1) is 0 Å². The molecule has 0 atom stereocenters. The van der Waals surface area contributed by atoms with Crippen molar-refractivity contribution in [3.05, 3.63) is 0 Å². The van der Waals surface area contributed by atoms with Gasteiger partial charge in [-0.2, -0.15) is 0 Å². The third-order valence-electron chi connectivity index (χ3n) is 0.333. The van der Waals surface area contributed by atoms with Crippen molar-refractivity contribution in [1.82, 2.24) is 0 Å². The molecule has 0 amide bonds. The van der Waals surface area contributed by atoms with E-state index in [9.17, 15) is 0 Å². The maximum Gasteiger partial charge on any atom is 2.00 e. The number of nitrogens with two attached hydrogens (primary N) is 4. The van der Waals surface area contributed by atoms with E-state index in [4.69, 9.17) is 51.6 Å². The largest absolute Gasteiger partial charge is 2.00 e. The molecule has 0 heterocycles. The molecule has 17 heavy (non-hydrogen) atoms. The van der Waals surface area contributed by atoms with Gasteiger partial charge in [0.25, 0.3) is 0 Å². The summed E-state index contributed by atoms with van der Waals surface area (Å²) >= 11 is 0. The molecule has 10 nitrogen and oxygen atoms in total. The Morgan fingerprint density at radius 3 is 0.706 bits per heavy atom. The summed E-state index contributed by atoms with van der Waals surface area (Å²) in [4.78, 5) is 28.5. The first kappa shape index (κ1) is 30.7. The van der Waals surface area contributed by atoms with Gasteiger partial charge in [-0.25, -0.2) is 0 Å². The predicted molar refractivity (Wildman–Crippen MR) is 60.3 cm³/mol. The maximum atomic E-state index is 8.70. The summed E-state index contributed by atoms with van der Waals surface area (Å²) in [6, 6.07) is 0. The zero-order valence-electron chi connectivity index (χ0n) is 8.95. The van der Waals surface area contributed by atoms with Gasteiger partial charge in [0.1, 0.15) is 0 Å². The van der Waals surface area contributed by atoms with Crippen LogP contribution in [0, 0.1) is 0 Å². The quantitative estimate of drug-likeness (QED) is 0.189. The second-order valence-electron chi connectivity index (χ2n) is 1.66. The Bertz CT molecular complexity index is 128. The molecule has 0 aromatic heterocycles. The van der Waals surface area contributed by atoms with Crippen LogP contribution in [0.1, 0.15) is 0 Å². The molecule has 13 heteroatoms. The fourth-order valence-electron chi connectivity index (χ4n) is 0. The Morgan fingerprint density at radius 1 is 0.647 bits per heavy atom. The van der Waals surface area contributed by atoms with Crippen LogP contribution >= 0.6 is 16.5 Å². The molecular formula is C4H20N4O6P2Pt. The van der Waals surface area contributed by atoms with Crippen LogP contribution in [0.2, 0.25) is 0 Å². The van der Waals surface area contributed by atoms with Crippen molar-refractivity contribution in [2.75, 3.05) is 26.2 Å². The van der Waals surface area contributed by atoms with Crippen molar-refractivity contribution >= 4 is 16.5 Å². The summed E-state index contributed by atoms with van der Waals surface area (Å²) in [6.45, 7) is 2.39. The minimum Gasteiger partial charge on any atom is -0.485 e. The van der Waals surface area contributed by atoms with Crippen LogP contribution in [0.15, 0.2) is 0 Å². The van der Waals surface area contributed by atoms with Crippen molar-refractivity contribution in [3.8, 4) is 0 Å². The molecule has 0 fully saturated rings. The average Bonchev–Trinajstić information content (AvgIpc) is 2.16. The Morgan fingerprint density at radius 2 is 0.706 bits per heavy atom. The van der Waals surface area contributed by atoms with E-state index < -0.39 is 16.5 Å². The fourth-order valence-corrected chi connectivity index (χ4v) is 0. The Kier molecular flexibility index (Phi) is 64.9. The standard InChI is InChI=1S/2C2H8N2.2H2O3P.Pt/c2*3-1-2-4;2*1-4(2)3;/h2*1-4H2;2*(H2,1,2,3);/q;;2*-1;+2. The van der Waals surface area contributed by atoms with Crippen molar-refractivity contribution < 1.29 is 49.8 Å². The van der Waals surface area contributed by atoms with E-state index >= 15 is 0 Å². The Hall–Kier alpha value is 0.828. The summed E-state index contributed by atoms with van der Waals surface area (Å²) < 4.78 is 17.4. The van der Waals surface area contributed by atoms with E-state index in [1.807, 2.05) is 0 Å². The Balaban J connectivity index is -0.0000000369. The van der Waals surface area contributed by atoms with Gasteiger partial charge < -0.3 is 51.6 Å². The van der Waals surface area contributed by atoms with Crippen LogP contribution in [0.25, 0.3) is 0 Å². The second-order valence-corrected chi connectivity index (χ2v) is 2.67. The molecule has 0 bridgehead atoms. The SMILES string of the molecule is NCCN.NCCN.O=[P-](O)O.O=[P-](O)O.[Pt+2]. The molecular weight excluding hydrogens is 457 g/mol. The first-order valence-corrected chi connectivity index (χ1v) is 6.13. The molecule has 0 saturated heterocycles. The molecule has 0 aromatic rings. The van der Waals surface area contributed by atoms with Gasteiger partial charge in [0.05, 0.1) is 16.5 Å². The van der Waals surface area contributed by atoms with Crippen molar-refractivity contribution in [2.45, 2.75) is 0 Å². The zero-order chi connectivity index (χ0) is 14.0. The molecule has 0 saturated carbocycles. The van der Waals surface area contributed by atoms with Gasteiger partial charge in [-0.1, -0.05) is 0 Å². The molecule has 0 spiro atoms. The summed E-state index contributed by atoms with van der Waals surface area (Å²) in [7, 11) is -5.74. The van der Waals surface area contributed by atoms with Crippen LogP contribution in [-0.2, 0) is 30.2 Å². The second kappa shape index (κ2) is 36.0. The third kappa shape index (κ3) is 463. The normalized spacial score (nSPS) is 7.65. The van der Waals surface area contributed by atoms with E-state index in [0.717, 1.165) is 0 Å². The van der Waals surface area contributed by atoms with Crippen LogP contribution in [-0.4, -0.2) is 45.8 Å². The van der Waals surface area contributed by atoms with E-state index in [-0.39, 0.29) is 21.1 Å². The summed E-state index contributed by atoms with van der Waals surface area (Å²) in [5, 5.41) is 0. The monoisotopic (exact) mass is 477 g/mol. The predicted octanol–water partition coefficient (Wildman–Crippen LogP) is -2.94. The summed E-state index contributed by atoms with van der Waals surface area (Å²) in [6.07, 6.45) is 0. The van der Waals surface area contributed by atoms with Crippen molar-refractivity contribution in [3.63, 3.8) is 0 Å². The Labute approximate surface area is 116 Å². The molecule has 0 rings (SSSR count). The van der Waals surface area contributed by atoms with Gasteiger partial charge in [0.15, 0.2) is 0 Å². The van der Waals surface area contributed by atoms with Gasteiger partial charge in [-0.3, -0.25) is 0 Å². The molecule has 0 aromatic carbocycles. The van der Waals surface area contributed by atoms with E-state index in [1.54, 1.807) is 0 Å². The third-order valence-corrected chi connectivity index (χ3v) is 0.333. The van der Waals surface area contributed by atoms with Crippen LogP contribution in [0.4, 0.5) is 0 Å². The van der Waals surface area contributed by atoms with Gasteiger partial charge in [0.2, 0.25) is 0 Å². The molecule has 0 aliphatic carbocycles. The van der Waals surface area contributed by atoms with E-state index in [2.05, 4.69) is 0 Å². The number of rotatable bonds is 2. The van der Waals surface area contributed by atoms with E-state index in [0.29, 0.717) is 26.2 Å². The molecule has 0 aliphatic rings. The summed E-state index contributed by atoms with van der Waals surface area (Å²) in [5.41, 5.74) is 19.6. The van der Waals surface area contributed by atoms with E-state index in [1.165, 1.54) is 0 Å². The summed E-state index contributed by atoms with van der Waals surface area (Å²) in [5.74, 6) is 0. The molecule has 12 N–H and O–H groups in total. The maximum absolute atomic E-state index is 8.70. The molecule has 0 aliphatic heterocycles. The topological polar surface area (TPSA) is 219 Å². The van der Waals surface area contributed by atoms with Gasteiger partial charge >= 0.3 is 21.1 Å². The minimum atomic E-state index is -2.87. The van der Waals surface area contributed by atoms with Crippen LogP contribution < -0.4 is 22.9 Å². The van der Waals surface area contributed by atoms with Gasteiger partial charge in [0, 0.05) is 26.2 Å². The van der Waals surface area contributed by atoms with Crippen LogP contribution in [0.5, 0.6) is 0 Å². The first-order chi connectivity index (χ1) is 7.29. The fraction of sp³-hybridized carbons (Fsp3) is 1.00. The molecule has 0 radical (unpaired) electrons. The number of hydrogen-bond donors (Lipinski definition) is 8. The van der Waals surface area contributed by atoms with Crippen LogP contribution in [0.3, 0.4) is 0 Å². The van der Waals surface area contributed by atoms with Crippen molar-refractivity contribution in [2.24, 2.45) is 22.9 Å². The molecule has 0 unspecified atom stereocenters. The number of hydrogen-bond acceptors (Lipinski definition) is 6. The van der Waals surface area contributed by atoms with Gasteiger partial charge in [-0.05, 0) is 0 Å².